The lowest BCUT2D eigenvalue weighted by Crippen LogP contribution is -2.30. The lowest BCUT2D eigenvalue weighted by Gasteiger charge is -2.18. The zero-order valence-electron chi connectivity index (χ0n) is 50.3. The number of hydrogen-bond donors (Lipinski definition) is 0. The largest absolute Gasteiger partial charge is 0.462 e. The monoisotopic (exact) mass is 1060 g/mol. The molecule has 0 radical (unpaired) electrons. The van der Waals surface area contributed by atoms with Gasteiger partial charge < -0.3 is 14.2 Å². The van der Waals surface area contributed by atoms with Crippen LogP contribution in [0.15, 0.2) is 85.1 Å². The van der Waals surface area contributed by atoms with Crippen molar-refractivity contribution in [2.75, 3.05) is 13.2 Å². The molecule has 0 spiro atoms. The van der Waals surface area contributed by atoms with E-state index in [2.05, 4.69) is 99.8 Å². The molecule has 0 aliphatic carbocycles. The third kappa shape index (κ3) is 61.4. The summed E-state index contributed by atoms with van der Waals surface area (Å²) in [5.41, 5.74) is 0. The molecule has 1 atom stereocenters. The highest BCUT2D eigenvalue weighted by molar-refractivity contribution is 5.71. The Morgan fingerprint density at radius 3 is 0.895 bits per heavy atom. The fourth-order valence-corrected chi connectivity index (χ4v) is 9.25. The van der Waals surface area contributed by atoms with Crippen molar-refractivity contribution in [3.05, 3.63) is 85.1 Å². The first-order valence-electron chi connectivity index (χ1n) is 32.6. The average Bonchev–Trinajstić information content (AvgIpc) is 3.42. The minimum atomic E-state index is -0.816. The molecule has 0 saturated heterocycles. The van der Waals surface area contributed by atoms with Gasteiger partial charge in [-0.2, -0.15) is 0 Å². The molecule has 0 heterocycles. The van der Waals surface area contributed by atoms with Crippen LogP contribution >= 0.6 is 0 Å². The van der Waals surface area contributed by atoms with Gasteiger partial charge in [-0.15, -0.1) is 0 Å². The van der Waals surface area contributed by atoms with Gasteiger partial charge in [-0.25, -0.2) is 0 Å². The summed E-state index contributed by atoms with van der Waals surface area (Å²) in [6, 6.07) is 0. The van der Waals surface area contributed by atoms with Crippen LogP contribution in [0.25, 0.3) is 0 Å². The molecule has 6 nitrogen and oxygen atoms in total. The van der Waals surface area contributed by atoms with Gasteiger partial charge in [0.25, 0.3) is 0 Å². The van der Waals surface area contributed by atoms with Crippen molar-refractivity contribution < 1.29 is 28.6 Å². The third-order valence-electron chi connectivity index (χ3n) is 14.1. The first kappa shape index (κ1) is 72.6. The molecular formula is C70H122O6. The second-order valence-corrected chi connectivity index (χ2v) is 21.6. The molecule has 0 amide bonds. The van der Waals surface area contributed by atoms with E-state index in [0.717, 1.165) is 83.5 Å². The van der Waals surface area contributed by atoms with Crippen molar-refractivity contribution in [1.82, 2.24) is 0 Å². The van der Waals surface area contributed by atoms with Crippen LogP contribution in [0, 0.1) is 0 Å². The normalized spacial score (nSPS) is 12.6. The van der Waals surface area contributed by atoms with Crippen molar-refractivity contribution in [3.8, 4) is 0 Å². The Labute approximate surface area is 471 Å². The number of hydrogen-bond acceptors (Lipinski definition) is 6. The predicted octanol–water partition coefficient (Wildman–Crippen LogP) is 22.3. The Bertz CT molecular complexity index is 1450. The van der Waals surface area contributed by atoms with E-state index in [-0.39, 0.29) is 37.5 Å². The lowest BCUT2D eigenvalue weighted by molar-refractivity contribution is -0.166. The van der Waals surface area contributed by atoms with Crippen molar-refractivity contribution in [3.63, 3.8) is 0 Å². The summed E-state index contributed by atoms with van der Waals surface area (Å²) in [6.07, 6.45) is 85.0. The summed E-state index contributed by atoms with van der Waals surface area (Å²) in [7, 11) is 0. The van der Waals surface area contributed by atoms with Gasteiger partial charge in [-0.05, 0) is 103 Å². The van der Waals surface area contributed by atoms with E-state index in [4.69, 9.17) is 14.2 Å². The van der Waals surface area contributed by atoms with E-state index in [9.17, 15) is 14.4 Å². The fraction of sp³-hybridized carbons (Fsp3) is 0.757. The van der Waals surface area contributed by atoms with E-state index in [0.29, 0.717) is 19.3 Å². The Hall–Kier alpha value is -3.41. The van der Waals surface area contributed by atoms with Crippen LogP contribution in [0.5, 0.6) is 0 Å². The Kier molecular flexibility index (Phi) is 61.2. The molecule has 438 valence electrons. The first-order valence-corrected chi connectivity index (χ1v) is 32.6. The number of unbranched alkanes of at least 4 members (excludes halogenated alkanes) is 34. The predicted molar refractivity (Wildman–Crippen MR) is 330 cm³/mol. The molecule has 6 heteroatoms. The summed E-state index contributed by atoms with van der Waals surface area (Å²) in [6.45, 7) is 6.44. The average molecular weight is 1060 g/mol. The summed E-state index contributed by atoms with van der Waals surface area (Å²) < 4.78 is 16.8. The quantitative estimate of drug-likeness (QED) is 0.0261. The molecule has 0 N–H and O–H groups in total. The Morgan fingerprint density at radius 2 is 0.539 bits per heavy atom. The third-order valence-corrected chi connectivity index (χ3v) is 14.1. The number of carbonyl (C=O) groups excluding carboxylic acids is 3. The van der Waals surface area contributed by atoms with Crippen LogP contribution in [-0.4, -0.2) is 37.2 Å². The highest BCUT2D eigenvalue weighted by atomic mass is 16.6. The molecule has 0 aliphatic rings. The van der Waals surface area contributed by atoms with Crippen LogP contribution in [0.3, 0.4) is 0 Å². The second kappa shape index (κ2) is 64.1. The van der Waals surface area contributed by atoms with Gasteiger partial charge in [0.2, 0.25) is 0 Å². The number of carbonyl (C=O) groups is 3. The maximum atomic E-state index is 12.8. The van der Waals surface area contributed by atoms with Crippen molar-refractivity contribution in [1.29, 1.82) is 0 Å². The van der Waals surface area contributed by atoms with Crippen LogP contribution in [0.2, 0.25) is 0 Å². The van der Waals surface area contributed by atoms with Gasteiger partial charge in [0.1, 0.15) is 13.2 Å². The minimum absolute atomic E-state index is 0.105. The molecule has 76 heavy (non-hydrogen) atoms. The summed E-state index contributed by atoms with van der Waals surface area (Å²) >= 11 is 0. The number of rotatable bonds is 59. The van der Waals surface area contributed by atoms with Gasteiger partial charge in [-0.3, -0.25) is 14.4 Å². The minimum Gasteiger partial charge on any atom is -0.462 e. The van der Waals surface area contributed by atoms with E-state index in [1.54, 1.807) is 0 Å². The fourth-order valence-electron chi connectivity index (χ4n) is 9.25. The summed E-state index contributed by atoms with van der Waals surface area (Å²) in [5.74, 6) is -0.988. The summed E-state index contributed by atoms with van der Waals surface area (Å²) in [5, 5.41) is 0. The van der Waals surface area contributed by atoms with Gasteiger partial charge in [0.15, 0.2) is 6.10 Å². The highest BCUT2D eigenvalue weighted by Gasteiger charge is 2.19. The topological polar surface area (TPSA) is 78.9 Å². The number of ether oxygens (including phenoxy) is 3. The molecule has 0 aliphatic heterocycles. The second-order valence-electron chi connectivity index (χ2n) is 21.6. The van der Waals surface area contributed by atoms with Crippen molar-refractivity contribution in [2.24, 2.45) is 0 Å². The van der Waals surface area contributed by atoms with E-state index >= 15 is 0 Å². The maximum Gasteiger partial charge on any atom is 0.306 e. The molecule has 0 aromatic rings. The number of esters is 3. The van der Waals surface area contributed by atoms with E-state index < -0.39 is 6.10 Å². The van der Waals surface area contributed by atoms with Crippen molar-refractivity contribution in [2.45, 2.75) is 329 Å². The van der Waals surface area contributed by atoms with Crippen LogP contribution in [0.4, 0.5) is 0 Å². The zero-order valence-corrected chi connectivity index (χ0v) is 50.3. The van der Waals surface area contributed by atoms with Gasteiger partial charge in [0, 0.05) is 19.3 Å². The van der Waals surface area contributed by atoms with Crippen LogP contribution in [0.1, 0.15) is 323 Å². The smallest absolute Gasteiger partial charge is 0.306 e. The standard InChI is InChI=1S/C70H122O6/c1-4-7-10-13-16-19-22-25-26-27-28-29-30-31-32-33-34-35-36-37-38-39-40-41-42-43-44-46-48-51-54-57-60-63-69(72)75-66-67(65-74-68(71)62-59-56-53-50-47-24-21-18-15-12-9-6-3)76-70(73)64-61-58-55-52-49-45-23-20-17-14-11-8-5-2/h8,11,17-18,20-22,25,27-28,45,49,55,58,67H,4-7,9-10,12-16,19,23-24,26,29-44,46-48,50-54,56-57,59-66H2,1-3H3/b11-8-,20-17-,21-18-,25-22-,28-27-,49-45-,58-55-. The SMILES string of the molecule is CC/C=C\C/C=C\C/C=C\C/C=C\CCC(=O)OC(COC(=O)CCCCCCC/C=C\CCCCC)COC(=O)CCCCCCCCCCCCCCCCCCCCCCC/C=C\C/C=C\CCCCCCC. The molecule has 0 aromatic carbocycles. The van der Waals surface area contributed by atoms with Gasteiger partial charge in [0.05, 0.1) is 0 Å². The molecule has 0 saturated carbocycles. The van der Waals surface area contributed by atoms with Gasteiger partial charge >= 0.3 is 17.9 Å². The molecule has 0 fully saturated rings. The molecule has 0 aromatic heterocycles. The van der Waals surface area contributed by atoms with E-state index in [1.165, 1.54) is 193 Å². The van der Waals surface area contributed by atoms with E-state index in [1.807, 2.05) is 6.08 Å². The molecule has 0 bridgehead atoms. The Balaban J connectivity index is 4.10. The highest BCUT2D eigenvalue weighted by Crippen LogP contribution is 2.17. The molecule has 1 unspecified atom stereocenters. The lowest BCUT2D eigenvalue weighted by atomic mass is 10.0. The Morgan fingerprint density at radius 1 is 0.276 bits per heavy atom. The zero-order chi connectivity index (χ0) is 55.0. The maximum absolute atomic E-state index is 12.8. The van der Waals surface area contributed by atoms with Crippen molar-refractivity contribution >= 4 is 17.9 Å². The first-order chi connectivity index (χ1) is 37.5. The molecule has 0 rings (SSSR count). The van der Waals surface area contributed by atoms with Crippen LogP contribution < -0.4 is 0 Å². The van der Waals surface area contributed by atoms with Crippen LogP contribution in [-0.2, 0) is 28.6 Å². The van der Waals surface area contributed by atoms with Gasteiger partial charge in [-0.1, -0.05) is 286 Å². The molecular weight excluding hydrogens is 937 g/mol. The summed E-state index contributed by atoms with van der Waals surface area (Å²) in [4.78, 5) is 38.1. The number of allylic oxidation sites excluding steroid dienone is 14.